The van der Waals surface area contributed by atoms with Gasteiger partial charge in [0.2, 0.25) is 11.8 Å². The van der Waals surface area contributed by atoms with Crippen molar-refractivity contribution in [3.63, 3.8) is 0 Å². The van der Waals surface area contributed by atoms with Crippen molar-refractivity contribution >= 4 is 29.3 Å². The van der Waals surface area contributed by atoms with Gasteiger partial charge in [0.15, 0.2) is 11.5 Å². The molecular weight excluding hydrogens is 356 g/mol. The second-order valence-corrected chi connectivity index (χ2v) is 6.39. The fourth-order valence-corrected chi connectivity index (χ4v) is 2.34. The highest BCUT2D eigenvalue weighted by Crippen LogP contribution is 2.28. The molecule has 148 valence electrons. The van der Waals surface area contributed by atoms with E-state index in [0.29, 0.717) is 29.5 Å². The Morgan fingerprint density at radius 2 is 1.64 bits per heavy atom. The summed E-state index contributed by atoms with van der Waals surface area (Å²) in [4.78, 5) is 23.8. The molecule has 2 aromatic carbocycles. The molecule has 0 aromatic heterocycles. The van der Waals surface area contributed by atoms with Gasteiger partial charge < -0.3 is 20.1 Å². The van der Waals surface area contributed by atoms with Crippen LogP contribution in [-0.2, 0) is 9.59 Å². The molecule has 0 aliphatic rings. The van der Waals surface area contributed by atoms with Crippen LogP contribution in [0, 0.1) is 5.92 Å². The summed E-state index contributed by atoms with van der Waals surface area (Å²) < 4.78 is 10.8. The minimum absolute atomic E-state index is 0.0503. The molecule has 0 atom stereocenters. The lowest BCUT2D eigenvalue weighted by Gasteiger charge is -2.09. The van der Waals surface area contributed by atoms with Gasteiger partial charge in [-0.1, -0.05) is 19.9 Å². The Labute approximate surface area is 165 Å². The molecule has 0 radical (unpaired) electrons. The first-order chi connectivity index (χ1) is 13.4. The molecule has 2 amide bonds. The third-order valence-electron chi connectivity index (χ3n) is 3.86. The van der Waals surface area contributed by atoms with E-state index in [1.54, 1.807) is 43.5 Å². The number of anilines is 2. The fraction of sp³-hybridized carbons (Fsp3) is 0.273. The predicted octanol–water partition coefficient (Wildman–Crippen LogP) is 4.34. The number of nitrogens with one attached hydrogen (secondary N) is 2. The van der Waals surface area contributed by atoms with Gasteiger partial charge in [0.25, 0.3) is 0 Å². The van der Waals surface area contributed by atoms with Gasteiger partial charge in [-0.05, 0) is 55.0 Å². The first-order valence-corrected chi connectivity index (χ1v) is 9.13. The van der Waals surface area contributed by atoms with Crippen LogP contribution in [0.4, 0.5) is 11.4 Å². The Hall–Kier alpha value is -3.28. The zero-order valence-corrected chi connectivity index (χ0v) is 16.6. The predicted molar refractivity (Wildman–Crippen MR) is 112 cm³/mol. The van der Waals surface area contributed by atoms with Gasteiger partial charge in [-0.3, -0.25) is 9.59 Å². The van der Waals surface area contributed by atoms with Crippen molar-refractivity contribution in [2.75, 3.05) is 24.4 Å². The lowest BCUT2D eigenvalue weighted by Crippen LogP contribution is -2.17. The lowest BCUT2D eigenvalue weighted by atomic mass is 10.2. The number of ether oxygens (including phenoxy) is 2. The lowest BCUT2D eigenvalue weighted by molar-refractivity contribution is -0.119. The maximum atomic E-state index is 12.1. The zero-order valence-electron chi connectivity index (χ0n) is 16.6. The SMILES string of the molecule is CCOc1cc(C=CC(=O)Nc2ccc(NC(=O)C(C)C)cc2)ccc1OC. The number of hydrogen-bond acceptors (Lipinski definition) is 4. The van der Waals surface area contributed by atoms with E-state index in [4.69, 9.17) is 9.47 Å². The van der Waals surface area contributed by atoms with Gasteiger partial charge >= 0.3 is 0 Å². The average Bonchev–Trinajstić information content (AvgIpc) is 2.68. The number of amides is 2. The van der Waals surface area contributed by atoms with E-state index < -0.39 is 0 Å². The summed E-state index contributed by atoms with van der Waals surface area (Å²) in [5.74, 6) is 0.879. The number of rotatable bonds is 8. The molecule has 0 spiro atoms. The molecule has 6 nitrogen and oxygen atoms in total. The highest BCUT2D eigenvalue weighted by molar-refractivity contribution is 6.02. The third kappa shape index (κ3) is 6.16. The average molecular weight is 382 g/mol. The number of carbonyl (C=O) groups excluding carboxylic acids is 2. The highest BCUT2D eigenvalue weighted by atomic mass is 16.5. The van der Waals surface area contributed by atoms with E-state index >= 15 is 0 Å². The molecule has 2 N–H and O–H groups in total. The van der Waals surface area contributed by atoms with Gasteiger partial charge in [-0.25, -0.2) is 0 Å². The summed E-state index contributed by atoms with van der Waals surface area (Å²) in [7, 11) is 1.58. The van der Waals surface area contributed by atoms with Gasteiger partial charge in [0.1, 0.15) is 0 Å². The topological polar surface area (TPSA) is 76.7 Å². The van der Waals surface area contributed by atoms with E-state index in [9.17, 15) is 9.59 Å². The van der Waals surface area contributed by atoms with Gasteiger partial charge in [0, 0.05) is 23.4 Å². The maximum absolute atomic E-state index is 12.1. The summed E-state index contributed by atoms with van der Waals surface area (Å²) in [5.41, 5.74) is 2.15. The van der Waals surface area contributed by atoms with E-state index in [-0.39, 0.29) is 17.7 Å². The quantitative estimate of drug-likeness (QED) is 0.666. The molecule has 0 saturated carbocycles. The fourth-order valence-electron chi connectivity index (χ4n) is 2.34. The van der Waals surface area contributed by atoms with Crippen LogP contribution in [0.5, 0.6) is 11.5 Å². The van der Waals surface area contributed by atoms with Crippen LogP contribution in [0.1, 0.15) is 26.3 Å². The maximum Gasteiger partial charge on any atom is 0.248 e. The van der Waals surface area contributed by atoms with Crippen molar-refractivity contribution in [2.45, 2.75) is 20.8 Å². The molecule has 0 aliphatic heterocycles. The first kappa shape index (κ1) is 21.0. The monoisotopic (exact) mass is 382 g/mol. The van der Waals surface area contributed by atoms with Crippen molar-refractivity contribution in [2.24, 2.45) is 5.92 Å². The molecule has 2 aromatic rings. The Bertz CT molecular complexity index is 842. The first-order valence-electron chi connectivity index (χ1n) is 9.13. The summed E-state index contributed by atoms with van der Waals surface area (Å²) in [6.45, 7) is 6.08. The highest BCUT2D eigenvalue weighted by Gasteiger charge is 2.07. The second-order valence-electron chi connectivity index (χ2n) is 6.39. The molecule has 0 fully saturated rings. The third-order valence-corrected chi connectivity index (χ3v) is 3.86. The standard InChI is InChI=1S/C22H26N2O4/c1-5-28-20-14-16(6-12-19(20)27-4)7-13-21(25)23-17-8-10-18(11-9-17)24-22(26)15(2)3/h6-15H,5H2,1-4H3,(H,23,25)(H,24,26). The van der Waals surface area contributed by atoms with Crippen LogP contribution in [0.2, 0.25) is 0 Å². The van der Waals surface area contributed by atoms with Crippen LogP contribution in [0.3, 0.4) is 0 Å². The van der Waals surface area contributed by atoms with Gasteiger partial charge in [0.05, 0.1) is 13.7 Å². The molecule has 0 heterocycles. The smallest absolute Gasteiger partial charge is 0.248 e. The summed E-state index contributed by atoms with van der Waals surface area (Å²) >= 11 is 0. The van der Waals surface area contributed by atoms with Crippen molar-refractivity contribution in [3.8, 4) is 11.5 Å². The van der Waals surface area contributed by atoms with Crippen LogP contribution >= 0.6 is 0 Å². The Morgan fingerprint density at radius 1 is 1.00 bits per heavy atom. The second kappa shape index (κ2) is 10.2. The van der Waals surface area contributed by atoms with Crippen molar-refractivity contribution in [3.05, 3.63) is 54.1 Å². The molecular formula is C22H26N2O4. The zero-order chi connectivity index (χ0) is 20.5. The van der Waals surface area contributed by atoms with E-state index in [1.807, 2.05) is 32.9 Å². The van der Waals surface area contributed by atoms with Crippen LogP contribution in [0.15, 0.2) is 48.5 Å². The normalized spacial score (nSPS) is 10.8. The number of carbonyl (C=O) groups is 2. The van der Waals surface area contributed by atoms with E-state index in [0.717, 1.165) is 5.56 Å². The van der Waals surface area contributed by atoms with Gasteiger partial charge in [-0.15, -0.1) is 0 Å². The van der Waals surface area contributed by atoms with Gasteiger partial charge in [-0.2, -0.15) is 0 Å². The molecule has 6 heteroatoms. The number of hydrogen-bond donors (Lipinski definition) is 2. The molecule has 0 saturated heterocycles. The van der Waals surface area contributed by atoms with Crippen molar-refractivity contribution in [1.29, 1.82) is 0 Å². The number of benzene rings is 2. The Morgan fingerprint density at radius 3 is 2.21 bits per heavy atom. The van der Waals surface area contributed by atoms with E-state index in [1.165, 1.54) is 6.08 Å². The number of methoxy groups -OCH3 is 1. The largest absolute Gasteiger partial charge is 0.493 e. The summed E-state index contributed by atoms with van der Waals surface area (Å²) in [6.07, 6.45) is 3.15. The molecule has 2 rings (SSSR count). The van der Waals surface area contributed by atoms with Crippen molar-refractivity contribution < 1.29 is 19.1 Å². The van der Waals surface area contributed by atoms with Crippen LogP contribution in [0.25, 0.3) is 6.08 Å². The van der Waals surface area contributed by atoms with Crippen LogP contribution < -0.4 is 20.1 Å². The van der Waals surface area contributed by atoms with E-state index in [2.05, 4.69) is 10.6 Å². The molecule has 0 aliphatic carbocycles. The minimum Gasteiger partial charge on any atom is -0.493 e. The van der Waals surface area contributed by atoms with Crippen LogP contribution in [-0.4, -0.2) is 25.5 Å². The molecule has 28 heavy (non-hydrogen) atoms. The summed E-state index contributed by atoms with van der Waals surface area (Å²) in [5, 5.41) is 5.59. The molecule has 0 bridgehead atoms. The Kier molecular flexibility index (Phi) is 7.63. The molecule has 0 unspecified atom stereocenters. The summed E-state index contributed by atoms with van der Waals surface area (Å²) in [6, 6.07) is 12.4. The van der Waals surface area contributed by atoms with Crippen molar-refractivity contribution in [1.82, 2.24) is 0 Å². The Balaban J connectivity index is 1.98. The minimum atomic E-state index is -0.257.